The maximum Gasteiger partial charge on any atom is 0.221 e. The van der Waals surface area contributed by atoms with E-state index in [-0.39, 0.29) is 5.91 Å². The number of carbonyl (C=O) groups excluding carboxylic acids is 1. The van der Waals surface area contributed by atoms with Gasteiger partial charge in [0.2, 0.25) is 5.91 Å². The van der Waals surface area contributed by atoms with Crippen LogP contribution < -0.4 is 16.0 Å². The molecular formula is C18H39N3O. The monoisotopic (exact) mass is 313 g/mol. The number of hydrogen-bond acceptors (Lipinski definition) is 3. The van der Waals surface area contributed by atoms with Crippen molar-refractivity contribution in [2.24, 2.45) is 0 Å². The van der Waals surface area contributed by atoms with Gasteiger partial charge in [0, 0.05) is 32.6 Å². The Morgan fingerprint density at radius 3 is 1.91 bits per heavy atom. The van der Waals surface area contributed by atoms with Crippen LogP contribution in [0.3, 0.4) is 0 Å². The van der Waals surface area contributed by atoms with Crippen molar-refractivity contribution in [2.45, 2.75) is 77.6 Å². The maximum atomic E-state index is 11.6. The van der Waals surface area contributed by atoms with Gasteiger partial charge in [-0.1, -0.05) is 64.7 Å². The van der Waals surface area contributed by atoms with E-state index in [0.29, 0.717) is 6.42 Å². The van der Waals surface area contributed by atoms with Crippen LogP contribution in [0.2, 0.25) is 0 Å². The zero-order valence-corrected chi connectivity index (χ0v) is 15.0. The third kappa shape index (κ3) is 17.4. The number of hydrogen-bond donors (Lipinski definition) is 3. The number of unbranched alkanes of at least 4 members (excludes halogenated alkanes) is 9. The molecule has 0 aromatic heterocycles. The molecule has 4 nitrogen and oxygen atoms in total. The van der Waals surface area contributed by atoms with Gasteiger partial charge in [0.1, 0.15) is 0 Å². The summed E-state index contributed by atoms with van der Waals surface area (Å²) < 4.78 is 0. The molecule has 0 unspecified atom stereocenters. The van der Waals surface area contributed by atoms with Gasteiger partial charge in [-0.3, -0.25) is 4.79 Å². The molecule has 0 fully saturated rings. The summed E-state index contributed by atoms with van der Waals surface area (Å²) in [7, 11) is 1.93. The van der Waals surface area contributed by atoms with E-state index in [1.165, 1.54) is 57.8 Å². The maximum absolute atomic E-state index is 11.6. The Morgan fingerprint density at radius 1 is 0.727 bits per heavy atom. The molecule has 0 spiro atoms. The van der Waals surface area contributed by atoms with Crippen molar-refractivity contribution in [3.63, 3.8) is 0 Å². The van der Waals surface area contributed by atoms with Gasteiger partial charge in [-0.15, -0.1) is 0 Å². The first-order chi connectivity index (χ1) is 10.8. The minimum Gasteiger partial charge on any atom is -0.356 e. The van der Waals surface area contributed by atoms with Gasteiger partial charge in [-0.2, -0.15) is 0 Å². The second kappa shape index (κ2) is 18.4. The molecule has 22 heavy (non-hydrogen) atoms. The number of rotatable bonds is 17. The van der Waals surface area contributed by atoms with Gasteiger partial charge in [0.25, 0.3) is 0 Å². The molecule has 0 bridgehead atoms. The highest BCUT2D eigenvalue weighted by Gasteiger charge is 1.99. The average molecular weight is 314 g/mol. The van der Waals surface area contributed by atoms with Crippen LogP contribution in [0.4, 0.5) is 0 Å². The molecule has 0 aromatic rings. The Kier molecular flexibility index (Phi) is 17.9. The van der Waals surface area contributed by atoms with E-state index in [1.807, 2.05) is 7.05 Å². The number of nitrogens with one attached hydrogen (secondary N) is 3. The summed E-state index contributed by atoms with van der Waals surface area (Å²) in [6, 6.07) is 0. The van der Waals surface area contributed by atoms with Crippen molar-refractivity contribution in [3.05, 3.63) is 0 Å². The first-order valence-corrected chi connectivity index (χ1v) is 9.43. The zero-order valence-electron chi connectivity index (χ0n) is 15.0. The van der Waals surface area contributed by atoms with Crippen molar-refractivity contribution in [1.82, 2.24) is 16.0 Å². The van der Waals surface area contributed by atoms with Crippen molar-refractivity contribution in [3.8, 4) is 0 Å². The molecule has 0 radical (unpaired) electrons. The van der Waals surface area contributed by atoms with Crippen LogP contribution in [0.25, 0.3) is 0 Å². The first-order valence-electron chi connectivity index (χ1n) is 9.43. The Balaban J connectivity index is 3.10. The van der Waals surface area contributed by atoms with Crippen molar-refractivity contribution >= 4 is 5.91 Å². The Morgan fingerprint density at radius 2 is 1.32 bits per heavy atom. The minimum absolute atomic E-state index is 0.174. The van der Waals surface area contributed by atoms with Crippen LogP contribution in [0.15, 0.2) is 0 Å². The van der Waals surface area contributed by atoms with E-state index in [4.69, 9.17) is 0 Å². The van der Waals surface area contributed by atoms with E-state index in [0.717, 1.165) is 32.6 Å². The molecule has 0 aliphatic heterocycles. The largest absolute Gasteiger partial charge is 0.356 e. The predicted molar refractivity (Wildman–Crippen MR) is 96.3 cm³/mol. The van der Waals surface area contributed by atoms with Gasteiger partial charge in [0.15, 0.2) is 0 Å². The summed E-state index contributed by atoms with van der Waals surface area (Å²) in [5.74, 6) is 0.174. The lowest BCUT2D eigenvalue weighted by molar-refractivity contribution is -0.121. The van der Waals surface area contributed by atoms with E-state index in [2.05, 4.69) is 22.9 Å². The van der Waals surface area contributed by atoms with Gasteiger partial charge < -0.3 is 16.0 Å². The summed E-state index contributed by atoms with van der Waals surface area (Å²) >= 11 is 0. The van der Waals surface area contributed by atoms with Crippen LogP contribution >= 0.6 is 0 Å². The lowest BCUT2D eigenvalue weighted by atomic mass is 10.1. The fourth-order valence-electron chi connectivity index (χ4n) is 2.47. The molecule has 0 atom stereocenters. The standard InChI is InChI=1S/C18H39N3O/c1-3-4-5-6-7-8-9-10-11-12-14-21-18(22)13-15-20-17-16-19-2/h19-20H,3-17H2,1-2H3,(H,21,22). The molecule has 0 heterocycles. The van der Waals surface area contributed by atoms with Crippen LogP contribution in [0, 0.1) is 0 Å². The fourth-order valence-corrected chi connectivity index (χ4v) is 2.47. The molecule has 1 amide bonds. The lowest BCUT2D eigenvalue weighted by Gasteiger charge is -2.06. The Hall–Kier alpha value is -0.610. The molecule has 3 N–H and O–H groups in total. The fraction of sp³-hybridized carbons (Fsp3) is 0.944. The van der Waals surface area contributed by atoms with Gasteiger partial charge in [-0.25, -0.2) is 0 Å². The minimum atomic E-state index is 0.174. The smallest absolute Gasteiger partial charge is 0.221 e. The second-order valence-electron chi connectivity index (χ2n) is 6.14. The van der Waals surface area contributed by atoms with Crippen LogP contribution in [0.1, 0.15) is 77.6 Å². The van der Waals surface area contributed by atoms with Crippen LogP contribution in [0.5, 0.6) is 0 Å². The molecule has 4 heteroatoms. The highest BCUT2D eigenvalue weighted by molar-refractivity contribution is 5.75. The molecule has 0 aliphatic carbocycles. The van der Waals surface area contributed by atoms with Crippen LogP contribution in [-0.4, -0.2) is 39.1 Å². The second-order valence-corrected chi connectivity index (χ2v) is 6.14. The molecular weight excluding hydrogens is 274 g/mol. The van der Waals surface area contributed by atoms with Crippen molar-refractivity contribution < 1.29 is 4.79 Å². The molecule has 0 saturated heterocycles. The van der Waals surface area contributed by atoms with E-state index < -0.39 is 0 Å². The van der Waals surface area contributed by atoms with E-state index >= 15 is 0 Å². The molecule has 0 aromatic carbocycles. The quantitative estimate of drug-likeness (QED) is 0.361. The average Bonchev–Trinajstić information content (AvgIpc) is 2.52. The number of likely N-dealkylation sites (N-methyl/N-ethyl adjacent to an activating group) is 1. The third-order valence-electron chi connectivity index (χ3n) is 3.93. The topological polar surface area (TPSA) is 53.2 Å². The van der Waals surface area contributed by atoms with E-state index in [1.54, 1.807) is 0 Å². The number of amides is 1. The van der Waals surface area contributed by atoms with Gasteiger partial charge >= 0.3 is 0 Å². The molecule has 0 saturated carbocycles. The van der Waals surface area contributed by atoms with E-state index in [9.17, 15) is 4.79 Å². The van der Waals surface area contributed by atoms with Gasteiger partial charge in [-0.05, 0) is 13.5 Å². The highest BCUT2D eigenvalue weighted by Crippen LogP contribution is 2.10. The van der Waals surface area contributed by atoms with Crippen molar-refractivity contribution in [2.75, 3.05) is 33.2 Å². The zero-order chi connectivity index (χ0) is 16.3. The normalized spacial score (nSPS) is 10.8. The predicted octanol–water partition coefficient (Wildman–Crippen LogP) is 3.22. The summed E-state index contributed by atoms with van der Waals surface area (Å²) in [6.45, 7) is 5.74. The number of carbonyl (C=O) groups is 1. The SMILES string of the molecule is CCCCCCCCCCCCNC(=O)CCNCCNC. The Bertz CT molecular complexity index is 234. The Labute approximate surface area is 138 Å². The van der Waals surface area contributed by atoms with Crippen molar-refractivity contribution in [1.29, 1.82) is 0 Å². The van der Waals surface area contributed by atoms with Crippen LogP contribution in [-0.2, 0) is 4.79 Å². The lowest BCUT2D eigenvalue weighted by Crippen LogP contribution is -2.31. The summed E-state index contributed by atoms with van der Waals surface area (Å²) in [5.41, 5.74) is 0. The highest BCUT2D eigenvalue weighted by atomic mass is 16.1. The molecule has 0 rings (SSSR count). The summed E-state index contributed by atoms with van der Waals surface area (Å²) in [6.07, 6.45) is 13.9. The molecule has 0 aliphatic rings. The summed E-state index contributed by atoms with van der Waals surface area (Å²) in [4.78, 5) is 11.6. The summed E-state index contributed by atoms with van der Waals surface area (Å²) in [5, 5.41) is 9.31. The van der Waals surface area contributed by atoms with Gasteiger partial charge in [0.05, 0.1) is 0 Å². The molecule has 132 valence electrons. The first kappa shape index (κ1) is 21.4. The third-order valence-corrected chi connectivity index (χ3v) is 3.93.